The average Bonchev–Trinajstić information content (AvgIpc) is 2.55. The molecule has 0 aromatic heterocycles. The number of hydrogen-bond acceptors (Lipinski definition) is 5. The summed E-state index contributed by atoms with van der Waals surface area (Å²) >= 11 is 0. The van der Waals surface area contributed by atoms with E-state index in [1.807, 2.05) is 0 Å². The summed E-state index contributed by atoms with van der Waals surface area (Å²) in [5, 5.41) is 19.5. The highest BCUT2D eigenvalue weighted by molar-refractivity contribution is 6.00. The number of phenols is 2. The van der Waals surface area contributed by atoms with E-state index in [1.165, 1.54) is 18.2 Å². The van der Waals surface area contributed by atoms with Crippen LogP contribution < -0.4 is 4.74 Å². The Balaban J connectivity index is 2.09. The van der Waals surface area contributed by atoms with Crippen LogP contribution in [-0.2, 0) is 11.2 Å². The van der Waals surface area contributed by atoms with Crippen molar-refractivity contribution >= 4 is 11.8 Å². The maximum Gasteiger partial charge on any atom is 0.311 e. The Morgan fingerprint density at radius 2 is 1.70 bits per heavy atom. The highest BCUT2D eigenvalue weighted by Crippen LogP contribution is 2.31. The molecule has 0 amide bonds. The van der Waals surface area contributed by atoms with Crippen molar-refractivity contribution in [3.05, 3.63) is 53.6 Å². The van der Waals surface area contributed by atoms with Gasteiger partial charge in [0, 0.05) is 6.42 Å². The first-order valence-corrected chi connectivity index (χ1v) is 7.35. The molecule has 5 nitrogen and oxygen atoms in total. The van der Waals surface area contributed by atoms with Crippen LogP contribution in [0.1, 0.15) is 35.7 Å². The van der Waals surface area contributed by atoms with E-state index in [-0.39, 0.29) is 41.4 Å². The molecule has 0 atom stereocenters. The number of aryl methyl sites for hydroxylation is 1. The van der Waals surface area contributed by atoms with Gasteiger partial charge in [-0.15, -0.1) is 0 Å². The number of phenolic OH excluding ortho intramolecular Hbond substituents is 2. The number of aromatic hydroxyl groups is 2. The van der Waals surface area contributed by atoms with Crippen molar-refractivity contribution in [2.75, 3.05) is 0 Å². The van der Waals surface area contributed by atoms with Crippen LogP contribution in [0, 0.1) is 0 Å². The quantitative estimate of drug-likeness (QED) is 0.486. The molecule has 0 aliphatic carbocycles. The second-order valence-corrected chi connectivity index (χ2v) is 5.03. The molecule has 2 N–H and O–H groups in total. The molecule has 0 bridgehead atoms. The van der Waals surface area contributed by atoms with Gasteiger partial charge in [0.15, 0.2) is 17.3 Å². The molecule has 2 aromatic carbocycles. The first kappa shape index (κ1) is 16.5. The maximum atomic E-state index is 12.0. The molecule has 0 fully saturated rings. The number of esters is 1. The number of ether oxygens (including phenoxy) is 1. The number of benzene rings is 2. The van der Waals surface area contributed by atoms with Crippen molar-refractivity contribution in [1.82, 2.24) is 0 Å². The fourth-order valence-corrected chi connectivity index (χ4v) is 2.17. The summed E-state index contributed by atoms with van der Waals surface area (Å²) in [6.07, 6.45) is 0.563. The summed E-state index contributed by atoms with van der Waals surface area (Å²) < 4.78 is 5.17. The van der Waals surface area contributed by atoms with E-state index in [0.29, 0.717) is 12.0 Å². The minimum atomic E-state index is -0.583. The standard InChI is InChI=1S/C18H18O5/c1-2-14(19)13-7-5-9-16(21)18(13)23-17(22)11-10-12-6-3-4-8-15(12)20/h3-9,20-21H,2,10-11H2,1H3. The molecule has 0 radical (unpaired) electrons. The molecular weight excluding hydrogens is 296 g/mol. The highest BCUT2D eigenvalue weighted by atomic mass is 16.5. The molecule has 2 aromatic rings. The van der Waals surface area contributed by atoms with E-state index in [1.54, 1.807) is 31.2 Å². The zero-order valence-corrected chi connectivity index (χ0v) is 12.8. The van der Waals surface area contributed by atoms with Crippen LogP contribution in [0.15, 0.2) is 42.5 Å². The van der Waals surface area contributed by atoms with E-state index >= 15 is 0 Å². The van der Waals surface area contributed by atoms with Gasteiger partial charge in [0.25, 0.3) is 0 Å². The number of hydrogen-bond donors (Lipinski definition) is 2. The van der Waals surface area contributed by atoms with Gasteiger partial charge in [0.1, 0.15) is 5.75 Å². The molecule has 0 heterocycles. The van der Waals surface area contributed by atoms with Gasteiger partial charge in [-0.05, 0) is 30.2 Å². The predicted molar refractivity (Wildman–Crippen MR) is 84.8 cm³/mol. The van der Waals surface area contributed by atoms with Crippen molar-refractivity contribution in [2.24, 2.45) is 0 Å². The summed E-state index contributed by atoms with van der Waals surface area (Å²) in [5.74, 6) is -1.05. The lowest BCUT2D eigenvalue weighted by molar-refractivity contribution is -0.134. The van der Waals surface area contributed by atoms with Crippen LogP contribution in [-0.4, -0.2) is 22.0 Å². The normalized spacial score (nSPS) is 10.3. The van der Waals surface area contributed by atoms with Gasteiger partial charge in [-0.3, -0.25) is 9.59 Å². The molecule has 5 heteroatoms. The third-order valence-electron chi connectivity index (χ3n) is 3.42. The van der Waals surface area contributed by atoms with Crippen molar-refractivity contribution in [2.45, 2.75) is 26.2 Å². The summed E-state index contributed by atoms with van der Waals surface area (Å²) in [5.41, 5.74) is 0.815. The lowest BCUT2D eigenvalue weighted by atomic mass is 10.1. The molecule has 2 rings (SSSR count). The number of Topliss-reactive ketones (excluding diaryl/α,β-unsaturated/α-hetero) is 1. The van der Waals surface area contributed by atoms with Gasteiger partial charge in [0.05, 0.1) is 12.0 Å². The SMILES string of the molecule is CCC(=O)c1cccc(O)c1OC(=O)CCc1ccccc1O. The predicted octanol–water partition coefficient (Wildman–Crippen LogP) is 3.23. The van der Waals surface area contributed by atoms with Gasteiger partial charge in [-0.2, -0.15) is 0 Å². The van der Waals surface area contributed by atoms with Gasteiger partial charge >= 0.3 is 5.97 Å². The highest BCUT2D eigenvalue weighted by Gasteiger charge is 2.18. The van der Waals surface area contributed by atoms with Gasteiger partial charge in [0.2, 0.25) is 0 Å². The molecular formula is C18H18O5. The second kappa shape index (κ2) is 7.45. The van der Waals surface area contributed by atoms with Crippen LogP contribution in [0.25, 0.3) is 0 Å². The average molecular weight is 314 g/mol. The first-order valence-electron chi connectivity index (χ1n) is 7.35. The second-order valence-electron chi connectivity index (χ2n) is 5.03. The Kier molecular flexibility index (Phi) is 5.36. The van der Waals surface area contributed by atoms with Crippen LogP contribution in [0.2, 0.25) is 0 Å². The number of para-hydroxylation sites is 2. The van der Waals surface area contributed by atoms with Crippen LogP contribution >= 0.6 is 0 Å². The molecule has 0 spiro atoms. The Hall–Kier alpha value is -2.82. The third kappa shape index (κ3) is 4.10. The van der Waals surface area contributed by atoms with Crippen molar-refractivity contribution in [1.29, 1.82) is 0 Å². The number of carbonyl (C=O) groups excluding carboxylic acids is 2. The van der Waals surface area contributed by atoms with Crippen LogP contribution in [0.3, 0.4) is 0 Å². The number of carbonyl (C=O) groups is 2. The van der Waals surface area contributed by atoms with Gasteiger partial charge in [-0.25, -0.2) is 0 Å². The Morgan fingerprint density at radius 1 is 1.00 bits per heavy atom. The van der Waals surface area contributed by atoms with Crippen molar-refractivity contribution in [3.8, 4) is 17.2 Å². The fourth-order valence-electron chi connectivity index (χ4n) is 2.17. The van der Waals surface area contributed by atoms with Crippen molar-refractivity contribution < 1.29 is 24.5 Å². The summed E-state index contributed by atoms with van der Waals surface area (Å²) in [7, 11) is 0. The van der Waals surface area contributed by atoms with Gasteiger partial charge < -0.3 is 14.9 Å². The first-order chi connectivity index (χ1) is 11.0. The summed E-state index contributed by atoms with van der Waals surface area (Å²) in [6, 6.07) is 11.1. The lowest BCUT2D eigenvalue weighted by Crippen LogP contribution is -2.12. The number of ketones is 1. The van der Waals surface area contributed by atoms with E-state index in [2.05, 4.69) is 0 Å². The third-order valence-corrected chi connectivity index (χ3v) is 3.42. The molecule has 0 saturated heterocycles. The zero-order valence-electron chi connectivity index (χ0n) is 12.8. The molecule has 0 saturated carbocycles. The molecule has 120 valence electrons. The molecule has 0 aliphatic rings. The molecule has 23 heavy (non-hydrogen) atoms. The molecule has 0 unspecified atom stereocenters. The van der Waals surface area contributed by atoms with E-state index in [9.17, 15) is 19.8 Å². The van der Waals surface area contributed by atoms with Crippen LogP contribution in [0.5, 0.6) is 17.2 Å². The zero-order chi connectivity index (χ0) is 16.8. The largest absolute Gasteiger partial charge is 0.508 e. The Morgan fingerprint density at radius 3 is 2.39 bits per heavy atom. The topological polar surface area (TPSA) is 83.8 Å². The van der Waals surface area contributed by atoms with Crippen molar-refractivity contribution in [3.63, 3.8) is 0 Å². The fraction of sp³-hybridized carbons (Fsp3) is 0.222. The number of rotatable bonds is 6. The summed E-state index contributed by atoms with van der Waals surface area (Å²) in [6.45, 7) is 1.69. The van der Waals surface area contributed by atoms with Crippen LogP contribution in [0.4, 0.5) is 0 Å². The van der Waals surface area contributed by atoms with Gasteiger partial charge in [-0.1, -0.05) is 31.2 Å². The maximum absolute atomic E-state index is 12.0. The minimum absolute atomic E-state index is 0.0195. The summed E-state index contributed by atoms with van der Waals surface area (Å²) in [4.78, 5) is 23.8. The van der Waals surface area contributed by atoms with E-state index < -0.39 is 5.97 Å². The smallest absolute Gasteiger partial charge is 0.311 e. The molecule has 0 aliphatic heterocycles. The minimum Gasteiger partial charge on any atom is -0.508 e. The Labute approximate surface area is 134 Å². The van der Waals surface area contributed by atoms with E-state index in [4.69, 9.17) is 4.74 Å². The Bertz CT molecular complexity index is 721. The lowest BCUT2D eigenvalue weighted by Gasteiger charge is -2.11. The van der Waals surface area contributed by atoms with E-state index in [0.717, 1.165) is 0 Å². The monoisotopic (exact) mass is 314 g/mol.